The lowest BCUT2D eigenvalue weighted by molar-refractivity contribution is -0.125. The molecular weight excluding hydrogens is 454 g/mol. The van der Waals surface area contributed by atoms with E-state index in [0.717, 1.165) is 24.2 Å². The average molecular weight is 480 g/mol. The van der Waals surface area contributed by atoms with Crippen molar-refractivity contribution < 1.29 is 23.5 Å². The van der Waals surface area contributed by atoms with Crippen LogP contribution in [0.25, 0.3) is 0 Å². The van der Waals surface area contributed by atoms with Crippen LogP contribution in [0.1, 0.15) is 50.7 Å². The van der Waals surface area contributed by atoms with Gasteiger partial charge in [-0.25, -0.2) is 4.98 Å². The highest BCUT2D eigenvalue weighted by molar-refractivity contribution is 7.17. The molecule has 176 valence electrons. The van der Waals surface area contributed by atoms with Crippen molar-refractivity contribution in [1.29, 1.82) is 0 Å². The molecule has 3 aromatic rings. The Morgan fingerprint density at radius 1 is 1.09 bits per heavy atom. The molecule has 0 bridgehead atoms. The number of ketones is 1. The summed E-state index contributed by atoms with van der Waals surface area (Å²) in [4.78, 5) is 43.0. The van der Waals surface area contributed by atoms with Gasteiger partial charge in [-0.05, 0) is 30.5 Å². The van der Waals surface area contributed by atoms with E-state index in [1.807, 2.05) is 18.2 Å². The number of fused-ring (bicyclic) bond motifs is 1. The van der Waals surface area contributed by atoms with Gasteiger partial charge in [0.25, 0.3) is 5.91 Å². The molecule has 3 heterocycles. The van der Waals surface area contributed by atoms with E-state index in [1.165, 1.54) is 11.8 Å². The monoisotopic (exact) mass is 479 g/mol. The number of anilines is 1. The molecule has 0 radical (unpaired) electrons. The zero-order valence-corrected chi connectivity index (χ0v) is 19.4. The Kier molecular flexibility index (Phi) is 6.30. The number of hydrogen-bond acceptors (Lipinski definition) is 7. The molecule has 1 aromatic carbocycles. The Balaban J connectivity index is 1.26. The van der Waals surface area contributed by atoms with Gasteiger partial charge in [-0.2, -0.15) is 0 Å². The van der Waals surface area contributed by atoms with E-state index in [1.54, 1.807) is 12.1 Å². The normalized spacial score (nSPS) is 19.3. The Morgan fingerprint density at radius 2 is 1.88 bits per heavy atom. The predicted octanol–water partition coefficient (Wildman–Crippen LogP) is 3.60. The molecule has 2 aromatic heterocycles. The van der Waals surface area contributed by atoms with E-state index < -0.39 is 11.8 Å². The van der Waals surface area contributed by atoms with Crippen molar-refractivity contribution in [3.05, 3.63) is 70.6 Å². The molecule has 1 fully saturated rings. The molecule has 9 heteroatoms. The fourth-order valence-electron chi connectivity index (χ4n) is 4.66. The van der Waals surface area contributed by atoms with Crippen molar-refractivity contribution >= 4 is 34.1 Å². The number of amides is 2. The maximum atomic E-state index is 13.1. The van der Waals surface area contributed by atoms with Crippen LogP contribution in [0.5, 0.6) is 0 Å². The van der Waals surface area contributed by atoms with Gasteiger partial charge in [0.15, 0.2) is 16.7 Å². The van der Waals surface area contributed by atoms with Gasteiger partial charge in [0.2, 0.25) is 5.91 Å². The van der Waals surface area contributed by atoms with Crippen molar-refractivity contribution in [2.75, 3.05) is 25.1 Å². The maximum absolute atomic E-state index is 13.1. The van der Waals surface area contributed by atoms with E-state index in [-0.39, 0.29) is 29.3 Å². The lowest BCUT2D eigenvalue weighted by Gasteiger charge is -2.38. The second-order valence-corrected chi connectivity index (χ2v) is 9.73. The molecule has 5 rings (SSSR count). The Morgan fingerprint density at radius 3 is 2.62 bits per heavy atom. The summed E-state index contributed by atoms with van der Waals surface area (Å²) in [6.07, 6.45) is 3.57. The van der Waals surface area contributed by atoms with Gasteiger partial charge in [0, 0.05) is 38.0 Å². The number of nitrogens with one attached hydrogen (secondary N) is 2. The summed E-state index contributed by atoms with van der Waals surface area (Å²) in [6, 6.07) is 13.4. The maximum Gasteiger partial charge on any atom is 0.293 e. The second-order valence-electron chi connectivity index (χ2n) is 8.73. The van der Waals surface area contributed by atoms with Crippen molar-refractivity contribution in [1.82, 2.24) is 10.3 Å². The van der Waals surface area contributed by atoms with Crippen LogP contribution in [0, 0.1) is 5.92 Å². The Bertz CT molecular complexity index is 1180. The van der Waals surface area contributed by atoms with E-state index in [0.29, 0.717) is 41.9 Å². The van der Waals surface area contributed by atoms with E-state index in [4.69, 9.17) is 9.15 Å². The van der Waals surface area contributed by atoms with Crippen LogP contribution in [0.2, 0.25) is 0 Å². The first-order valence-electron chi connectivity index (χ1n) is 11.3. The molecule has 2 N–H and O–H groups in total. The van der Waals surface area contributed by atoms with Crippen molar-refractivity contribution in [2.24, 2.45) is 5.92 Å². The minimum Gasteiger partial charge on any atom is -0.459 e. The van der Waals surface area contributed by atoms with E-state index in [9.17, 15) is 14.4 Å². The summed E-state index contributed by atoms with van der Waals surface area (Å²) in [5.41, 5.74) is 1.57. The van der Waals surface area contributed by atoms with Gasteiger partial charge in [0.1, 0.15) is 0 Å². The number of rotatable bonds is 6. The van der Waals surface area contributed by atoms with Crippen LogP contribution < -0.4 is 10.6 Å². The number of benzene rings is 1. The fourth-order valence-corrected chi connectivity index (χ4v) is 5.59. The largest absolute Gasteiger partial charge is 0.459 e. The summed E-state index contributed by atoms with van der Waals surface area (Å²) < 4.78 is 10.7. The molecule has 0 saturated carbocycles. The zero-order chi connectivity index (χ0) is 23.5. The lowest BCUT2D eigenvalue weighted by Crippen LogP contribution is -2.46. The van der Waals surface area contributed by atoms with Gasteiger partial charge < -0.3 is 14.5 Å². The number of carbonyl (C=O) groups excluding carboxylic acids is 3. The van der Waals surface area contributed by atoms with Crippen LogP contribution in [-0.2, 0) is 21.4 Å². The first-order valence-corrected chi connectivity index (χ1v) is 12.1. The molecule has 8 nitrogen and oxygen atoms in total. The van der Waals surface area contributed by atoms with Gasteiger partial charge in [0.05, 0.1) is 22.8 Å². The molecule has 34 heavy (non-hydrogen) atoms. The number of Topliss-reactive ketones (excluding diaryl/α,β-unsaturated/α-hetero) is 1. The number of furan rings is 1. The summed E-state index contributed by atoms with van der Waals surface area (Å²) in [5.74, 6) is -1.02. The van der Waals surface area contributed by atoms with Crippen molar-refractivity contribution in [3.63, 3.8) is 0 Å². The minimum absolute atomic E-state index is 0.124. The van der Waals surface area contributed by atoms with Crippen LogP contribution in [0.4, 0.5) is 5.13 Å². The number of ether oxygens (including phenoxy) is 1. The minimum atomic E-state index is -0.483. The SMILES string of the molecule is O=C(Nc1nc2c(s1)C(=O)CC(C(=O)NCC1(c3ccccc3)CCOCC1)C2)c1ccco1. The van der Waals surface area contributed by atoms with Gasteiger partial charge >= 0.3 is 0 Å². The number of hydrogen-bond donors (Lipinski definition) is 2. The zero-order valence-electron chi connectivity index (χ0n) is 18.5. The quantitative estimate of drug-likeness (QED) is 0.559. The third-order valence-electron chi connectivity index (χ3n) is 6.60. The molecule has 1 aliphatic heterocycles. The molecule has 0 spiro atoms. The molecule has 2 amide bonds. The fraction of sp³-hybridized carbons (Fsp3) is 0.360. The van der Waals surface area contributed by atoms with Gasteiger partial charge in [-0.15, -0.1) is 0 Å². The van der Waals surface area contributed by atoms with E-state index >= 15 is 0 Å². The van der Waals surface area contributed by atoms with Gasteiger partial charge in [-0.3, -0.25) is 19.7 Å². The lowest BCUT2D eigenvalue weighted by atomic mass is 9.74. The van der Waals surface area contributed by atoms with Crippen molar-refractivity contribution in [2.45, 2.75) is 31.1 Å². The first kappa shape index (κ1) is 22.5. The van der Waals surface area contributed by atoms with Crippen LogP contribution >= 0.6 is 11.3 Å². The molecule has 1 saturated heterocycles. The number of nitrogens with zero attached hydrogens (tertiary/aromatic N) is 1. The highest BCUT2D eigenvalue weighted by Crippen LogP contribution is 2.35. The third kappa shape index (κ3) is 4.53. The smallest absolute Gasteiger partial charge is 0.293 e. The first-order chi connectivity index (χ1) is 16.5. The predicted molar refractivity (Wildman–Crippen MR) is 126 cm³/mol. The Hall–Kier alpha value is -3.30. The molecule has 1 unspecified atom stereocenters. The molecule has 1 atom stereocenters. The average Bonchev–Trinajstić information content (AvgIpc) is 3.54. The van der Waals surface area contributed by atoms with Crippen molar-refractivity contribution in [3.8, 4) is 0 Å². The van der Waals surface area contributed by atoms with Crippen LogP contribution in [-0.4, -0.2) is 42.3 Å². The van der Waals surface area contributed by atoms with Crippen LogP contribution in [0.15, 0.2) is 53.1 Å². The highest BCUT2D eigenvalue weighted by Gasteiger charge is 2.37. The third-order valence-corrected chi connectivity index (χ3v) is 7.65. The second kappa shape index (κ2) is 9.52. The number of thiazole rings is 1. The Labute approximate surface area is 200 Å². The summed E-state index contributed by atoms with van der Waals surface area (Å²) in [5, 5.41) is 6.11. The summed E-state index contributed by atoms with van der Waals surface area (Å²) >= 11 is 1.14. The molecule has 2 aliphatic rings. The molecule has 1 aliphatic carbocycles. The number of carbonyl (C=O) groups is 3. The standard InChI is InChI=1S/C25H25N3O5S/c29-19-14-16(13-18-21(19)34-24(27-18)28-23(31)20-7-4-10-33-20)22(30)26-15-25(8-11-32-12-9-25)17-5-2-1-3-6-17/h1-7,10,16H,8-9,11-15H2,(H,26,30)(H,27,28,31). The topological polar surface area (TPSA) is 111 Å². The summed E-state index contributed by atoms with van der Waals surface area (Å²) in [7, 11) is 0. The summed E-state index contributed by atoms with van der Waals surface area (Å²) in [6.45, 7) is 1.81. The highest BCUT2D eigenvalue weighted by atomic mass is 32.1. The van der Waals surface area contributed by atoms with Gasteiger partial charge in [-0.1, -0.05) is 41.7 Å². The molecular formula is C25H25N3O5S. The van der Waals surface area contributed by atoms with E-state index in [2.05, 4.69) is 27.8 Å². The number of aromatic nitrogens is 1. The van der Waals surface area contributed by atoms with Crippen LogP contribution in [0.3, 0.4) is 0 Å².